The first-order chi connectivity index (χ1) is 14.2. The van der Waals surface area contributed by atoms with Crippen molar-refractivity contribution in [2.45, 2.75) is 51.6 Å². The summed E-state index contributed by atoms with van der Waals surface area (Å²) in [4.78, 5) is 16.6. The second-order valence-corrected chi connectivity index (χ2v) is 8.41. The average molecular weight is 393 g/mol. The Morgan fingerprint density at radius 1 is 1.34 bits per heavy atom. The number of piperazine rings is 1. The van der Waals surface area contributed by atoms with Gasteiger partial charge in [0, 0.05) is 49.4 Å². The van der Waals surface area contributed by atoms with E-state index in [0.29, 0.717) is 12.1 Å². The minimum atomic E-state index is 0.427. The van der Waals surface area contributed by atoms with Crippen molar-refractivity contribution in [3.8, 4) is 0 Å². The van der Waals surface area contributed by atoms with E-state index >= 15 is 0 Å². The molecule has 6 nitrogen and oxygen atoms in total. The van der Waals surface area contributed by atoms with Gasteiger partial charge in [-0.25, -0.2) is 4.98 Å². The summed E-state index contributed by atoms with van der Waals surface area (Å²) in [6, 6.07) is 7.24. The Bertz CT molecular complexity index is 899. The lowest BCUT2D eigenvalue weighted by Gasteiger charge is -2.33. The van der Waals surface area contributed by atoms with Gasteiger partial charge in [-0.05, 0) is 43.9 Å². The average Bonchev–Trinajstić information content (AvgIpc) is 2.71. The fourth-order valence-corrected chi connectivity index (χ4v) is 4.35. The highest BCUT2D eigenvalue weighted by atomic mass is 15.2. The summed E-state index contributed by atoms with van der Waals surface area (Å²) >= 11 is 0. The van der Waals surface area contributed by atoms with Crippen LogP contribution in [0.15, 0.2) is 35.6 Å². The quantitative estimate of drug-likeness (QED) is 0.737. The van der Waals surface area contributed by atoms with Gasteiger partial charge < -0.3 is 16.0 Å². The van der Waals surface area contributed by atoms with Crippen LogP contribution in [0.4, 0.5) is 5.69 Å². The lowest BCUT2D eigenvalue weighted by molar-refractivity contribution is 0.250. The van der Waals surface area contributed by atoms with E-state index < -0.39 is 0 Å². The number of aliphatic imine (C=N–C) groups is 1. The van der Waals surface area contributed by atoms with E-state index in [1.165, 1.54) is 31.4 Å². The lowest BCUT2D eigenvalue weighted by Crippen LogP contribution is -2.49. The summed E-state index contributed by atoms with van der Waals surface area (Å²) in [7, 11) is 0. The van der Waals surface area contributed by atoms with Crippen LogP contribution >= 0.6 is 0 Å². The molecule has 1 atom stereocenters. The monoisotopic (exact) mass is 392 g/mol. The normalized spacial score (nSPS) is 25.5. The Morgan fingerprint density at radius 2 is 2.21 bits per heavy atom. The highest BCUT2D eigenvalue weighted by Crippen LogP contribution is 2.33. The summed E-state index contributed by atoms with van der Waals surface area (Å²) < 4.78 is 0. The second-order valence-electron chi connectivity index (χ2n) is 8.41. The van der Waals surface area contributed by atoms with E-state index in [1.54, 1.807) is 12.4 Å². The van der Waals surface area contributed by atoms with Gasteiger partial charge in [-0.2, -0.15) is 0 Å². The highest BCUT2D eigenvalue weighted by Gasteiger charge is 2.27. The van der Waals surface area contributed by atoms with Crippen molar-refractivity contribution in [3.63, 3.8) is 0 Å². The molecule has 0 radical (unpaired) electrons. The van der Waals surface area contributed by atoms with Crippen LogP contribution in [0.25, 0.3) is 16.6 Å². The molecule has 29 heavy (non-hydrogen) atoms. The molecular formula is C23H32N6. The number of hydrogen-bond donors (Lipinski definition) is 2. The van der Waals surface area contributed by atoms with E-state index in [2.05, 4.69) is 47.2 Å². The number of fused-ring (bicyclic) bond motifs is 1. The topological polar surface area (TPSA) is 79.4 Å². The van der Waals surface area contributed by atoms with Crippen molar-refractivity contribution >= 4 is 28.5 Å². The Hall–Kier alpha value is -2.47. The van der Waals surface area contributed by atoms with Gasteiger partial charge in [-0.1, -0.05) is 19.8 Å². The Morgan fingerprint density at radius 3 is 2.97 bits per heavy atom. The molecule has 1 aliphatic carbocycles. The van der Waals surface area contributed by atoms with Crippen LogP contribution in [0.1, 0.15) is 45.2 Å². The lowest BCUT2D eigenvalue weighted by atomic mass is 9.78. The number of aromatic nitrogens is 2. The first-order valence-corrected chi connectivity index (χ1v) is 10.9. The van der Waals surface area contributed by atoms with Crippen molar-refractivity contribution < 1.29 is 0 Å². The summed E-state index contributed by atoms with van der Waals surface area (Å²) in [6.07, 6.45) is 10.2. The molecule has 6 heteroatoms. The maximum atomic E-state index is 5.90. The zero-order valence-corrected chi connectivity index (χ0v) is 17.5. The van der Waals surface area contributed by atoms with E-state index in [0.717, 1.165) is 47.9 Å². The Balaban J connectivity index is 1.50. The number of allylic oxidation sites excluding steroid dienone is 1. The van der Waals surface area contributed by atoms with Crippen molar-refractivity contribution in [1.29, 1.82) is 0 Å². The number of nitrogens with two attached hydrogens (primary N) is 1. The third-order valence-corrected chi connectivity index (χ3v) is 6.07. The van der Waals surface area contributed by atoms with Crippen molar-refractivity contribution in [2.75, 3.05) is 24.5 Å². The number of rotatable bonds is 6. The molecule has 2 aliphatic rings. The summed E-state index contributed by atoms with van der Waals surface area (Å²) in [6.45, 7) is 7.47. The van der Waals surface area contributed by atoms with E-state index in [9.17, 15) is 0 Å². The van der Waals surface area contributed by atoms with E-state index in [4.69, 9.17) is 15.7 Å². The molecule has 0 amide bonds. The van der Waals surface area contributed by atoms with Gasteiger partial charge in [0.2, 0.25) is 0 Å². The molecule has 2 aromatic rings. The fraction of sp³-hybridized carbons (Fsp3) is 0.522. The zero-order chi connectivity index (χ0) is 20.2. The van der Waals surface area contributed by atoms with Gasteiger partial charge in [0.1, 0.15) is 0 Å². The van der Waals surface area contributed by atoms with Gasteiger partial charge >= 0.3 is 0 Å². The zero-order valence-electron chi connectivity index (χ0n) is 17.5. The van der Waals surface area contributed by atoms with Crippen LogP contribution in [0.3, 0.4) is 0 Å². The molecule has 1 aliphatic heterocycles. The SMILES string of the molecule is CCCC1CC(N=CC(=CN)c2cnc3ccc(N4CCNC(C)C4)cc3n2)C1. The van der Waals surface area contributed by atoms with Gasteiger partial charge in [0.05, 0.1) is 29.0 Å². The summed E-state index contributed by atoms with van der Waals surface area (Å²) in [5.41, 5.74) is 10.5. The molecule has 1 saturated heterocycles. The molecule has 0 bridgehead atoms. The second kappa shape index (κ2) is 8.91. The first-order valence-electron chi connectivity index (χ1n) is 10.9. The molecular weight excluding hydrogens is 360 g/mol. The Labute approximate surface area is 173 Å². The first kappa shape index (κ1) is 19.8. The van der Waals surface area contributed by atoms with Crippen LogP contribution in [0.5, 0.6) is 0 Å². The Kier molecular flexibility index (Phi) is 6.09. The van der Waals surface area contributed by atoms with Gasteiger partial charge in [-0.15, -0.1) is 0 Å². The molecule has 154 valence electrons. The fourth-order valence-electron chi connectivity index (χ4n) is 4.35. The molecule has 3 N–H and O–H groups in total. The molecule has 1 aromatic carbocycles. The van der Waals surface area contributed by atoms with Crippen LogP contribution in [-0.2, 0) is 0 Å². The number of anilines is 1. The van der Waals surface area contributed by atoms with E-state index in [1.807, 2.05) is 6.21 Å². The molecule has 0 spiro atoms. The third-order valence-electron chi connectivity index (χ3n) is 6.07. The van der Waals surface area contributed by atoms with Crippen LogP contribution < -0.4 is 16.0 Å². The summed E-state index contributed by atoms with van der Waals surface area (Å²) in [5.74, 6) is 0.846. The van der Waals surface area contributed by atoms with Crippen LogP contribution in [0.2, 0.25) is 0 Å². The van der Waals surface area contributed by atoms with Crippen molar-refractivity contribution in [2.24, 2.45) is 16.6 Å². The van der Waals surface area contributed by atoms with E-state index in [-0.39, 0.29) is 0 Å². The van der Waals surface area contributed by atoms with Crippen LogP contribution in [-0.4, -0.2) is 47.9 Å². The smallest absolute Gasteiger partial charge is 0.0922 e. The number of hydrogen-bond acceptors (Lipinski definition) is 6. The highest BCUT2D eigenvalue weighted by molar-refractivity contribution is 6.09. The largest absolute Gasteiger partial charge is 0.404 e. The number of nitrogens with zero attached hydrogens (tertiary/aromatic N) is 4. The molecule has 2 fully saturated rings. The molecule has 4 rings (SSSR count). The molecule has 1 unspecified atom stereocenters. The minimum Gasteiger partial charge on any atom is -0.404 e. The molecule has 2 heterocycles. The van der Waals surface area contributed by atoms with Crippen LogP contribution in [0, 0.1) is 5.92 Å². The predicted octanol–water partition coefficient (Wildman–Crippen LogP) is 3.38. The van der Waals surface area contributed by atoms with Gasteiger partial charge in [0.15, 0.2) is 0 Å². The number of benzene rings is 1. The third kappa shape index (κ3) is 4.58. The van der Waals surface area contributed by atoms with Gasteiger partial charge in [-0.3, -0.25) is 9.98 Å². The standard InChI is InChI=1S/C23H32N6/c1-3-4-17-9-19(10-17)26-13-18(12-24)23-14-27-21-6-5-20(11-22(21)28-23)29-8-7-25-16(2)15-29/h5-6,11-14,16-17,19,25H,3-4,7-10,15,24H2,1-2H3. The molecule has 1 saturated carbocycles. The maximum absolute atomic E-state index is 5.90. The number of nitrogens with one attached hydrogen (secondary N) is 1. The van der Waals surface area contributed by atoms with Gasteiger partial charge in [0.25, 0.3) is 0 Å². The molecule has 1 aromatic heterocycles. The maximum Gasteiger partial charge on any atom is 0.0922 e. The minimum absolute atomic E-state index is 0.427. The van der Waals surface area contributed by atoms with Crippen molar-refractivity contribution in [1.82, 2.24) is 15.3 Å². The summed E-state index contributed by atoms with van der Waals surface area (Å²) in [5, 5.41) is 3.49. The predicted molar refractivity (Wildman–Crippen MR) is 121 cm³/mol. The van der Waals surface area contributed by atoms with Crippen molar-refractivity contribution in [3.05, 3.63) is 36.3 Å².